The van der Waals surface area contributed by atoms with Gasteiger partial charge in [-0.05, 0) is 29.3 Å². The van der Waals surface area contributed by atoms with E-state index in [1.165, 1.54) is 11.1 Å². The Labute approximate surface area is 140 Å². The number of ether oxygens (including phenoxy) is 1. The number of carbonyl (C=O) groups excluding carboxylic acids is 1. The van der Waals surface area contributed by atoms with Crippen molar-refractivity contribution < 1.29 is 9.53 Å². The average Bonchev–Trinajstić information content (AvgIpc) is 3.21. The van der Waals surface area contributed by atoms with E-state index < -0.39 is 0 Å². The van der Waals surface area contributed by atoms with E-state index in [0.717, 1.165) is 6.42 Å². The van der Waals surface area contributed by atoms with Gasteiger partial charge in [0.1, 0.15) is 5.60 Å². The first-order valence-electron chi connectivity index (χ1n) is 7.99. The molecule has 0 aliphatic carbocycles. The maximum Gasteiger partial charge on any atom is 0.321 e. The number of nitrogens with one attached hydrogen (secondary N) is 1. The Bertz CT molecular complexity index is 843. The summed E-state index contributed by atoms with van der Waals surface area (Å²) < 4.78 is 6.07. The fourth-order valence-electron chi connectivity index (χ4n) is 3.55. The zero-order valence-corrected chi connectivity index (χ0v) is 13.2. The van der Waals surface area contributed by atoms with Crippen molar-refractivity contribution in [1.82, 2.24) is 4.90 Å². The number of nitriles is 1. The molecule has 2 heterocycles. The first-order valence-corrected chi connectivity index (χ1v) is 7.99. The molecule has 24 heavy (non-hydrogen) atoms. The Morgan fingerprint density at radius 3 is 3.00 bits per heavy atom. The van der Waals surface area contributed by atoms with Crippen LogP contribution in [0.4, 0.5) is 10.5 Å². The molecule has 2 aliphatic heterocycles. The predicted molar refractivity (Wildman–Crippen MR) is 89.3 cm³/mol. The number of hydrogen-bond acceptors (Lipinski definition) is 3. The van der Waals surface area contributed by atoms with Crippen LogP contribution in [0.1, 0.15) is 23.1 Å². The van der Waals surface area contributed by atoms with Gasteiger partial charge in [0.05, 0.1) is 24.8 Å². The van der Waals surface area contributed by atoms with Crippen molar-refractivity contribution >= 4 is 11.7 Å². The third-order valence-electron chi connectivity index (χ3n) is 4.77. The van der Waals surface area contributed by atoms with Gasteiger partial charge in [0.2, 0.25) is 0 Å². The second-order valence-electron chi connectivity index (χ2n) is 6.23. The molecule has 0 unspecified atom stereocenters. The number of carbonyl (C=O) groups is 1. The Morgan fingerprint density at radius 1 is 1.25 bits per heavy atom. The summed E-state index contributed by atoms with van der Waals surface area (Å²) in [7, 11) is 0. The number of nitrogens with zero attached hydrogens (tertiary/aromatic N) is 2. The summed E-state index contributed by atoms with van der Waals surface area (Å²) in [6.45, 7) is 1.81. The largest absolute Gasteiger partial charge is 0.364 e. The lowest BCUT2D eigenvalue weighted by Gasteiger charge is -2.25. The lowest BCUT2D eigenvalue weighted by Crippen LogP contribution is -2.36. The molecule has 0 saturated carbocycles. The molecule has 1 spiro atoms. The lowest BCUT2D eigenvalue weighted by molar-refractivity contribution is -0.0269. The zero-order chi connectivity index (χ0) is 16.6. The van der Waals surface area contributed by atoms with Crippen molar-refractivity contribution in [2.75, 3.05) is 18.4 Å². The van der Waals surface area contributed by atoms with Crippen LogP contribution in [0.3, 0.4) is 0 Å². The van der Waals surface area contributed by atoms with E-state index in [1.54, 1.807) is 29.2 Å². The van der Waals surface area contributed by atoms with Crippen molar-refractivity contribution in [2.24, 2.45) is 0 Å². The van der Waals surface area contributed by atoms with E-state index in [0.29, 0.717) is 30.9 Å². The maximum atomic E-state index is 12.5. The molecule has 2 aliphatic rings. The van der Waals surface area contributed by atoms with E-state index in [4.69, 9.17) is 10.00 Å². The second-order valence-corrected chi connectivity index (χ2v) is 6.23. The Hall–Kier alpha value is -2.84. The normalized spacial score (nSPS) is 21.5. The van der Waals surface area contributed by atoms with Gasteiger partial charge in [-0.25, -0.2) is 4.79 Å². The minimum Gasteiger partial charge on any atom is -0.364 e. The average molecular weight is 319 g/mol. The molecule has 0 aromatic heterocycles. The monoisotopic (exact) mass is 319 g/mol. The van der Waals surface area contributed by atoms with Crippen LogP contribution < -0.4 is 5.32 Å². The fraction of sp³-hybridized carbons (Fsp3) is 0.263. The number of anilines is 1. The van der Waals surface area contributed by atoms with E-state index >= 15 is 0 Å². The summed E-state index contributed by atoms with van der Waals surface area (Å²) in [6, 6.07) is 17.1. The van der Waals surface area contributed by atoms with Crippen LogP contribution in [0.2, 0.25) is 0 Å². The van der Waals surface area contributed by atoms with E-state index in [2.05, 4.69) is 23.5 Å². The van der Waals surface area contributed by atoms with Crippen LogP contribution >= 0.6 is 0 Å². The van der Waals surface area contributed by atoms with Gasteiger partial charge in [0.15, 0.2) is 0 Å². The standard InChI is InChI=1S/C19H17N3O2/c20-11-14-4-3-6-16(10-14)21-18(23)22-9-8-19(13-22)17-7-2-1-5-15(17)12-24-19/h1-7,10H,8-9,12-13H2,(H,21,23)/t19-/m0/s1. The predicted octanol–water partition coefficient (Wildman–Crippen LogP) is 3.22. The number of fused-ring (bicyclic) bond motifs is 2. The van der Waals surface area contributed by atoms with Gasteiger partial charge in [-0.15, -0.1) is 0 Å². The van der Waals surface area contributed by atoms with E-state index in [9.17, 15) is 4.79 Å². The SMILES string of the molecule is N#Cc1cccc(NC(=O)N2CC[C@@]3(C2)OCc2ccccc23)c1. The minimum absolute atomic E-state index is 0.157. The molecular formula is C19H17N3O2. The molecule has 4 rings (SSSR count). The summed E-state index contributed by atoms with van der Waals surface area (Å²) in [5.41, 5.74) is 3.20. The van der Waals surface area contributed by atoms with Crippen LogP contribution in [-0.4, -0.2) is 24.0 Å². The zero-order valence-electron chi connectivity index (χ0n) is 13.2. The third kappa shape index (κ3) is 2.41. The fourth-order valence-corrected chi connectivity index (χ4v) is 3.55. The summed E-state index contributed by atoms with van der Waals surface area (Å²) in [4.78, 5) is 14.3. The third-order valence-corrected chi connectivity index (χ3v) is 4.77. The molecule has 2 amide bonds. The van der Waals surface area contributed by atoms with Gasteiger partial charge < -0.3 is 15.0 Å². The summed E-state index contributed by atoms with van der Waals surface area (Å²) in [5, 5.41) is 11.8. The van der Waals surface area contributed by atoms with Gasteiger partial charge in [-0.2, -0.15) is 5.26 Å². The summed E-state index contributed by atoms with van der Waals surface area (Å²) >= 11 is 0. The number of amides is 2. The first kappa shape index (κ1) is 14.7. The molecule has 0 bridgehead atoms. The van der Waals surface area contributed by atoms with Crippen molar-refractivity contribution in [2.45, 2.75) is 18.6 Å². The molecule has 1 N–H and O–H groups in total. The van der Waals surface area contributed by atoms with Crippen LogP contribution in [0.15, 0.2) is 48.5 Å². The quantitative estimate of drug-likeness (QED) is 0.877. The molecule has 2 aromatic carbocycles. The molecule has 2 aromatic rings. The van der Waals surface area contributed by atoms with Crippen LogP contribution in [0.25, 0.3) is 0 Å². The summed E-state index contributed by atoms with van der Waals surface area (Å²) in [5.74, 6) is 0. The smallest absolute Gasteiger partial charge is 0.321 e. The van der Waals surface area contributed by atoms with E-state index in [1.807, 2.05) is 12.1 Å². The summed E-state index contributed by atoms with van der Waals surface area (Å²) in [6.07, 6.45) is 0.801. The number of benzene rings is 2. The van der Waals surface area contributed by atoms with Gasteiger partial charge in [-0.3, -0.25) is 0 Å². The molecule has 120 valence electrons. The van der Waals surface area contributed by atoms with Crippen molar-refractivity contribution in [3.63, 3.8) is 0 Å². The highest BCUT2D eigenvalue weighted by Gasteiger charge is 2.46. The number of hydrogen-bond donors (Lipinski definition) is 1. The molecule has 5 nitrogen and oxygen atoms in total. The van der Waals surface area contributed by atoms with Crippen LogP contribution in [0.5, 0.6) is 0 Å². The van der Waals surface area contributed by atoms with E-state index in [-0.39, 0.29) is 11.6 Å². The van der Waals surface area contributed by atoms with Crippen molar-refractivity contribution in [3.05, 3.63) is 65.2 Å². The number of likely N-dealkylation sites (tertiary alicyclic amines) is 1. The van der Waals surface area contributed by atoms with Crippen LogP contribution in [-0.2, 0) is 16.9 Å². The number of rotatable bonds is 1. The van der Waals surface area contributed by atoms with Gasteiger partial charge in [0, 0.05) is 18.7 Å². The molecule has 1 saturated heterocycles. The van der Waals surface area contributed by atoms with Gasteiger partial charge in [0.25, 0.3) is 0 Å². The lowest BCUT2D eigenvalue weighted by atomic mass is 9.92. The Kier molecular flexibility index (Phi) is 3.47. The number of urea groups is 1. The molecule has 1 atom stereocenters. The van der Waals surface area contributed by atoms with Gasteiger partial charge in [-0.1, -0.05) is 30.3 Å². The van der Waals surface area contributed by atoms with Crippen molar-refractivity contribution in [3.8, 4) is 6.07 Å². The Balaban J connectivity index is 1.49. The highest BCUT2D eigenvalue weighted by atomic mass is 16.5. The maximum absolute atomic E-state index is 12.5. The molecule has 0 radical (unpaired) electrons. The Morgan fingerprint density at radius 2 is 2.12 bits per heavy atom. The molecule has 1 fully saturated rings. The highest BCUT2D eigenvalue weighted by molar-refractivity contribution is 5.89. The highest BCUT2D eigenvalue weighted by Crippen LogP contribution is 2.43. The topological polar surface area (TPSA) is 65.4 Å². The second kappa shape index (κ2) is 5.66. The molecular weight excluding hydrogens is 302 g/mol. The van der Waals surface area contributed by atoms with Crippen LogP contribution in [0, 0.1) is 11.3 Å². The van der Waals surface area contributed by atoms with Gasteiger partial charge >= 0.3 is 6.03 Å². The molecule has 5 heteroatoms. The minimum atomic E-state index is -0.373. The van der Waals surface area contributed by atoms with Crippen molar-refractivity contribution in [1.29, 1.82) is 5.26 Å². The first-order chi connectivity index (χ1) is 11.7.